The van der Waals surface area contributed by atoms with Crippen molar-refractivity contribution in [1.82, 2.24) is 19.6 Å². The number of rotatable bonds is 2. The number of anilines is 1. The second kappa shape index (κ2) is 6.47. The molecule has 1 aromatic carbocycles. The maximum absolute atomic E-state index is 14.7. The van der Waals surface area contributed by atoms with E-state index in [0.717, 1.165) is 25.2 Å². The number of hydrogen-bond donors (Lipinski definition) is 0. The van der Waals surface area contributed by atoms with Gasteiger partial charge in [0.25, 0.3) is 5.78 Å². The van der Waals surface area contributed by atoms with Gasteiger partial charge in [0.15, 0.2) is 0 Å². The fourth-order valence-corrected chi connectivity index (χ4v) is 5.88. The van der Waals surface area contributed by atoms with Crippen molar-refractivity contribution in [2.75, 3.05) is 18.0 Å². The van der Waals surface area contributed by atoms with E-state index < -0.39 is 13.9 Å². The zero-order chi connectivity index (χ0) is 18.5. The van der Waals surface area contributed by atoms with Gasteiger partial charge in [-0.3, -0.25) is 0 Å². The largest absolute Gasteiger partial charge is 0.356 e. The second-order valence-electron chi connectivity index (χ2n) is 7.32. The van der Waals surface area contributed by atoms with Crippen LogP contribution in [0.1, 0.15) is 0 Å². The molecule has 0 amide bonds. The summed E-state index contributed by atoms with van der Waals surface area (Å²) >= 11 is 12.8. The van der Waals surface area contributed by atoms with Crippen LogP contribution in [0.25, 0.3) is 16.9 Å². The SMILES string of the molecule is C[Si]1(C)CCN(c2c(-c3c(F)cccc3Cl)c(Cl)nc3ncnn23)CC1. The molecule has 26 heavy (non-hydrogen) atoms. The molecule has 1 aliphatic heterocycles. The molecule has 0 bridgehead atoms. The highest BCUT2D eigenvalue weighted by Crippen LogP contribution is 2.42. The number of hydrogen-bond acceptors (Lipinski definition) is 4. The van der Waals surface area contributed by atoms with E-state index in [1.807, 2.05) is 0 Å². The summed E-state index contributed by atoms with van der Waals surface area (Å²) in [5.74, 6) is 0.658. The minimum atomic E-state index is -1.18. The van der Waals surface area contributed by atoms with E-state index in [9.17, 15) is 4.39 Å². The minimum absolute atomic E-state index is 0.176. The zero-order valence-corrected chi connectivity index (χ0v) is 17.0. The van der Waals surface area contributed by atoms with Crippen molar-refractivity contribution in [2.45, 2.75) is 25.2 Å². The van der Waals surface area contributed by atoms with Gasteiger partial charge >= 0.3 is 0 Å². The van der Waals surface area contributed by atoms with Crippen molar-refractivity contribution in [1.29, 1.82) is 0 Å². The number of halogens is 3. The van der Waals surface area contributed by atoms with Crippen LogP contribution in [-0.2, 0) is 0 Å². The topological polar surface area (TPSA) is 46.3 Å². The molecule has 0 aliphatic carbocycles. The van der Waals surface area contributed by atoms with Gasteiger partial charge in [-0.2, -0.15) is 19.6 Å². The highest BCUT2D eigenvalue weighted by Gasteiger charge is 2.32. The molecular weight excluding hydrogens is 392 g/mol. The van der Waals surface area contributed by atoms with Crippen LogP contribution in [0.2, 0.25) is 35.4 Å². The van der Waals surface area contributed by atoms with Gasteiger partial charge in [-0.15, -0.1) is 0 Å². The summed E-state index contributed by atoms with van der Waals surface area (Å²) < 4.78 is 16.3. The van der Waals surface area contributed by atoms with Crippen LogP contribution in [0.3, 0.4) is 0 Å². The molecule has 5 nitrogen and oxygen atoms in total. The smallest absolute Gasteiger partial charge is 0.255 e. The first-order valence-electron chi connectivity index (χ1n) is 8.46. The van der Waals surface area contributed by atoms with E-state index in [1.54, 1.807) is 16.6 Å². The summed E-state index contributed by atoms with van der Waals surface area (Å²) in [5.41, 5.74) is 0.718. The van der Waals surface area contributed by atoms with Crippen molar-refractivity contribution in [3.05, 3.63) is 40.5 Å². The lowest BCUT2D eigenvalue weighted by Gasteiger charge is -2.37. The van der Waals surface area contributed by atoms with Crippen LogP contribution < -0.4 is 4.90 Å². The van der Waals surface area contributed by atoms with Crippen LogP contribution >= 0.6 is 23.2 Å². The van der Waals surface area contributed by atoms with Crippen molar-refractivity contribution < 1.29 is 4.39 Å². The standard InChI is InChI=1S/C17H18Cl2FN5Si/c1-26(2)8-6-24(7-9-26)16-14(13-11(18)4-3-5-12(13)20)15(19)23-17-21-10-22-25(16)17/h3-5,10H,6-9H2,1-2H3. The Morgan fingerprint density at radius 3 is 2.54 bits per heavy atom. The number of benzene rings is 1. The third-order valence-corrected chi connectivity index (χ3v) is 8.73. The fraction of sp³-hybridized carbons (Fsp3) is 0.353. The Bertz CT molecular complexity index is 960. The Balaban J connectivity index is 1.97. The van der Waals surface area contributed by atoms with Crippen LogP contribution in [-0.4, -0.2) is 40.7 Å². The number of fused-ring (bicyclic) bond motifs is 1. The minimum Gasteiger partial charge on any atom is -0.356 e. The molecule has 1 aliphatic rings. The summed E-state index contributed by atoms with van der Waals surface area (Å²) in [4.78, 5) is 10.6. The van der Waals surface area contributed by atoms with Crippen molar-refractivity contribution in [3.8, 4) is 11.1 Å². The summed E-state index contributed by atoms with van der Waals surface area (Å²) in [6, 6.07) is 6.89. The molecule has 3 heterocycles. The molecular formula is C17H18Cl2FN5Si. The summed E-state index contributed by atoms with van der Waals surface area (Å²) in [7, 11) is -1.18. The summed E-state index contributed by atoms with van der Waals surface area (Å²) in [6.45, 7) is 6.52. The Morgan fingerprint density at radius 1 is 1.12 bits per heavy atom. The Kier molecular flexibility index (Phi) is 4.41. The van der Waals surface area contributed by atoms with Crippen molar-refractivity contribution >= 4 is 42.9 Å². The zero-order valence-electron chi connectivity index (χ0n) is 14.5. The molecule has 0 atom stereocenters. The molecule has 1 saturated heterocycles. The van der Waals surface area contributed by atoms with Gasteiger partial charge in [-0.1, -0.05) is 42.4 Å². The molecule has 2 aromatic heterocycles. The van der Waals surface area contributed by atoms with Crippen LogP contribution in [0.15, 0.2) is 24.5 Å². The molecule has 136 valence electrons. The molecule has 3 aromatic rings. The fourth-order valence-electron chi connectivity index (χ4n) is 3.37. The van der Waals surface area contributed by atoms with E-state index in [2.05, 4.69) is 33.1 Å². The third-order valence-electron chi connectivity index (χ3n) is 4.99. The van der Waals surface area contributed by atoms with Crippen molar-refractivity contribution in [2.24, 2.45) is 0 Å². The molecule has 0 N–H and O–H groups in total. The van der Waals surface area contributed by atoms with E-state index in [1.165, 1.54) is 12.4 Å². The predicted octanol–water partition coefficient (Wildman–Crippen LogP) is 4.77. The van der Waals surface area contributed by atoms with Gasteiger partial charge in [0.1, 0.15) is 23.1 Å². The van der Waals surface area contributed by atoms with E-state index >= 15 is 0 Å². The van der Waals surface area contributed by atoms with Gasteiger partial charge in [0, 0.05) is 18.7 Å². The molecule has 0 saturated carbocycles. The molecule has 4 rings (SSSR count). The molecule has 0 radical (unpaired) electrons. The maximum Gasteiger partial charge on any atom is 0.255 e. The molecule has 0 unspecified atom stereocenters. The third kappa shape index (κ3) is 2.98. The lowest BCUT2D eigenvalue weighted by atomic mass is 10.1. The monoisotopic (exact) mass is 409 g/mol. The molecule has 0 spiro atoms. The van der Waals surface area contributed by atoms with Gasteiger partial charge < -0.3 is 4.90 Å². The summed E-state index contributed by atoms with van der Waals surface area (Å²) in [5, 5.41) is 4.77. The average molecular weight is 410 g/mol. The van der Waals surface area contributed by atoms with E-state index in [0.29, 0.717) is 22.2 Å². The van der Waals surface area contributed by atoms with Gasteiger partial charge in [-0.25, -0.2) is 4.39 Å². The lowest BCUT2D eigenvalue weighted by molar-refractivity contribution is 0.631. The lowest BCUT2D eigenvalue weighted by Crippen LogP contribution is -2.43. The van der Waals surface area contributed by atoms with E-state index in [4.69, 9.17) is 23.2 Å². The van der Waals surface area contributed by atoms with Gasteiger partial charge in [-0.05, 0) is 24.2 Å². The quantitative estimate of drug-likeness (QED) is 0.451. The first kappa shape index (κ1) is 17.7. The Labute approximate surface area is 161 Å². The first-order chi connectivity index (χ1) is 12.4. The maximum atomic E-state index is 14.7. The highest BCUT2D eigenvalue weighted by atomic mass is 35.5. The van der Waals surface area contributed by atoms with Crippen LogP contribution in [0.5, 0.6) is 0 Å². The van der Waals surface area contributed by atoms with E-state index in [-0.39, 0.29) is 10.7 Å². The molecule has 9 heteroatoms. The van der Waals surface area contributed by atoms with Crippen LogP contribution in [0.4, 0.5) is 10.2 Å². The molecule has 1 fully saturated rings. The highest BCUT2D eigenvalue weighted by molar-refractivity contribution is 6.77. The Morgan fingerprint density at radius 2 is 1.85 bits per heavy atom. The Hall–Kier alpha value is -1.70. The number of nitrogens with zero attached hydrogens (tertiary/aromatic N) is 5. The normalized spacial score (nSPS) is 17.0. The average Bonchev–Trinajstić information content (AvgIpc) is 3.03. The number of aromatic nitrogens is 4. The second-order valence-corrected chi connectivity index (χ2v) is 13.4. The van der Waals surface area contributed by atoms with Crippen LogP contribution in [0, 0.1) is 5.82 Å². The van der Waals surface area contributed by atoms with Gasteiger partial charge in [0.2, 0.25) is 0 Å². The first-order valence-corrected chi connectivity index (χ1v) is 12.6. The predicted molar refractivity (Wildman–Crippen MR) is 106 cm³/mol. The van der Waals surface area contributed by atoms with Crippen molar-refractivity contribution in [3.63, 3.8) is 0 Å². The summed E-state index contributed by atoms with van der Waals surface area (Å²) in [6.07, 6.45) is 1.43. The van der Waals surface area contributed by atoms with Gasteiger partial charge in [0.05, 0.1) is 18.7 Å².